The molecule has 1 aliphatic rings. The molecule has 3 rings (SSSR count). The van der Waals surface area contributed by atoms with Gasteiger partial charge in [0.25, 0.3) is 0 Å². The smallest absolute Gasteiger partial charge is 0.145 e. The molecule has 0 aromatic heterocycles. The van der Waals surface area contributed by atoms with Crippen LogP contribution in [0.3, 0.4) is 0 Å². The molecule has 6 heteroatoms. The van der Waals surface area contributed by atoms with Crippen LogP contribution in [0, 0.1) is 0 Å². The van der Waals surface area contributed by atoms with Gasteiger partial charge in [0.05, 0.1) is 37.5 Å². The second-order valence-electron chi connectivity index (χ2n) is 8.53. The molecule has 0 bridgehead atoms. The van der Waals surface area contributed by atoms with Crippen molar-refractivity contribution in [2.24, 2.45) is 0 Å². The average Bonchev–Trinajstić information content (AvgIpc) is 3.01. The number of benzene rings is 2. The number of aldehydes is 1. The first kappa shape index (κ1) is 23.1. The molecule has 1 fully saturated rings. The minimum Gasteiger partial charge on any atom is -0.496 e. The van der Waals surface area contributed by atoms with Crippen LogP contribution in [0.15, 0.2) is 42.5 Å². The molecule has 2 atom stereocenters. The number of rotatable bonds is 9. The molecule has 1 heterocycles. The topological polar surface area (TPSA) is 57.2 Å². The Hall–Kier alpha value is -2.57. The first-order chi connectivity index (χ1) is 14.8. The Morgan fingerprint density at radius 1 is 1.06 bits per heavy atom. The Balaban J connectivity index is 1.88. The van der Waals surface area contributed by atoms with Gasteiger partial charge in [-0.25, -0.2) is 0 Å². The van der Waals surface area contributed by atoms with Gasteiger partial charge < -0.3 is 23.7 Å². The van der Waals surface area contributed by atoms with Gasteiger partial charge in [-0.3, -0.25) is 4.90 Å². The van der Waals surface area contributed by atoms with Crippen molar-refractivity contribution in [3.63, 3.8) is 0 Å². The van der Waals surface area contributed by atoms with E-state index in [0.717, 1.165) is 29.6 Å². The van der Waals surface area contributed by atoms with Crippen molar-refractivity contribution in [1.29, 1.82) is 0 Å². The van der Waals surface area contributed by atoms with Crippen LogP contribution in [0.2, 0.25) is 0 Å². The fraction of sp³-hybridized carbons (Fsp3) is 0.480. The average molecular weight is 428 g/mol. The normalized spacial score (nSPS) is 20.6. The summed E-state index contributed by atoms with van der Waals surface area (Å²) in [6.07, 6.45) is 1.42. The maximum absolute atomic E-state index is 12.1. The molecular formula is C25H33NO5. The minimum absolute atomic E-state index is 0.139. The van der Waals surface area contributed by atoms with Gasteiger partial charge in [-0.15, -0.1) is 0 Å². The molecule has 0 amide bonds. The number of methoxy groups -OCH3 is 2. The van der Waals surface area contributed by atoms with Gasteiger partial charge >= 0.3 is 0 Å². The molecule has 0 saturated carbocycles. The molecule has 0 N–H and O–H groups in total. The lowest BCUT2D eigenvalue weighted by molar-refractivity contribution is -0.113. The largest absolute Gasteiger partial charge is 0.496 e. The zero-order valence-electron chi connectivity index (χ0n) is 19.3. The summed E-state index contributed by atoms with van der Waals surface area (Å²) >= 11 is 0. The van der Waals surface area contributed by atoms with Crippen molar-refractivity contribution in [3.05, 3.63) is 53.6 Å². The summed E-state index contributed by atoms with van der Waals surface area (Å²) in [4.78, 5) is 14.2. The molecule has 0 aliphatic carbocycles. The van der Waals surface area contributed by atoms with Gasteiger partial charge in [0.2, 0.25) is 0 Å². The van der Waals surface area contributed by atoms with Crippen molar-refractivity contribution >= 4 is 6.29 Å². The number of hydrogen-bond acceptors (Lipinski definition) is 6. The first-order valence-corrected chi connectivity index (χ1v) is 10.7. The molecule has 31 heavy (non-hydrogen) atoms. The van der Waals surface area contributed by atoms with Gasteiger partial charge in [0.15, 0.2) is 0 Å². The van der Waals surface area contributed by atoms with Crippen LogP contribution in [0.4, 0.5) is 0 Å². The summed E-state index contributed by atoms with van der Waals surface area (Å²) in [5.41, 5.74) is 1.31. The Bertz CT molecular complexity index is 856. The summed E-state index contributed by atoms with van der Waals surface area (Å²) < 4.78 is 23.3. The lowest BCUT2D eigenvalue weighted by Crippen LogP contribution is -2.43. The Kier molecular flexibility index (Phi) is 7.23. The van der Waals surface area contributed by atoms with Crippen LogP contribution < -0.4 is 14.2 Å². The maximum Gasteiger partial charge on any atom is 0.145 e. The van der Waals surface area contributed by atoms with Gasteiger partial charge in [0.1, 0.15) is 29.8 Å². The summed E-state index contributed by atoms with van der Waals surface area (Å²) in [6.45, 7) is 8.55. The number of nitrogens with zero attached hydrogens (tertiary/aromatic N) is 1. The van der Waals surface area contributed by atoms with Crippen molar-refractivity contribution in [1.82, 2.24) is 4.90 Å². The lowest BCUT2D eigenvalue weighted by Gasteiger charge is -2.28. The van der Waals surface area contributed by atoms with Crippen molar-refractivity contribution in [2.45, 2.75) is 58.1 Å². The van der Waals surface area contributed by atoms with Gasteiger partial charge in [0, 0.05) is 6.54 Å². The molecule has 0 radical (unpaired) electrons. The summed E-state index contributed by atoms with van der Waals surface area (Å²) in [5.74, 6) is 2.20. The van der Waals surface area contributed by atoms with Crippen LogP contribution in [0.25, 0.3) is 0 Å². The lowest BCUT2D eigenvalue weighted by atomic mass is 9.99. The van der Waals surface area contributed by atoms with E-state index >= 15 is 0 Å². The van der Waals surface area contributed by atoms with E-state index in [2.05, 4.69) is 17.0 Å². The highest BCUT2D eigenvalue weighted by atomic mass is 16.5. The van der Waals surface area contributed by atoms with E-state index in [1.807, 2.05) is 58.0 Å². The molecule has 2 aromatic rings. The third kappa shape index (κ3) is 5.02. The fourth-order valence-electron chi connectivity index (χ4n) is 4.08. The number of carbonyl (C=O) groups excluding carboxylic acids is 1. The van der Waals surface area contributed by atoms with E-state index in [-0.39, 0.29) is 6.10 Å². The van der Waals surface area contributed by atoms with Crippen LogP contribution in [-0.2, 0) is 16.0 Å². The Morgan fingerprint density at radius 3 is 2.19 bits per heavy atom. The highest BCUT2D eigenvalue weighted by Crippen LogP contribution is 2.46. The zero-order chi connectivity index (χ0) is 22.6. The third-order valence-corrected chi connectivity index (χ3v) is 5.58. The minimum atomic E-state index is -0.646. The van der Waals surface area contributed by atoms with E-state index in [9.17, 15) is 4.79 Å². The standard InChI is InChI=1S/C25H33NO5/c1-17(2)30-19-12-10-18(11-13-19)14-15-26-22(16-27)25(3,4)31-24(26)23-20(28-5)8-7-9-21(23)29-6/h7-13,16-17,22,24H,14-15H2,1-6H3. The first-order valence-electron chi connectivity index (χ1n) is 10.7. The predicted octanol–water partition coefficient (Wildman–Crippen LogP) is 4.41. The van der Waals surface area contributed by atoms with Gasteiger partial charge in [-0.1, -0.05) is 18.2 Å². The second-order valence-corrected chi connectivity index (χ2v) is 8.53. The summed E-state index contributed by atoms with van der Waals surface area (Å²) in [7, 11) is 3.25. The van der Waals surface area contributed by atoms with E-state index in [4.69, 9.17) is 18.9 Å². The molecule has 6 nitrogen and oxygen atoms in total. The number of carbonyl (C=O) groups is 1. The van der Waals surface area contributed by atoms with E-state index in [0.29, 0.717) is 18.0 Å². The van der Waals surface area contributed by atoms with Crippen molar-refractivity contribution in [3.8, 4) is 17.2 Å². The van der Waals surface area contributed by atoms with Crippen molar-refractivity contribution in [2.75, 3.05) is 20.8 Å². The number of hydrogen-bond donors (Lipinski definition) is 0. The van der Waals surface area contributed by atoms with Crippen LogP contribution in [-0.4, -0.2) is 49.7 Å². The molecule has 1 aliphatic heterocycles. The monoisotopic (exact) mass is 427 g/mol. The Morgan fingerprint density at radius 2 is 1.68 bits per heavy atom. The molecular weight excluding hydrogens is 394 g/mol. The molecule has 2 unspecified atom stereocenters. The third-order valence-electron chi connectivity index (χ3n) is 5.58. The Labute approximate surface area is 185 Å². The quantitative estimate of drug-likeness (QED) is 0.553. The SMILES string of the molecule is COc1cccc(OC)c1C1OC(C)(C)C(C=O)N1CCc1ccc(OC(C)C)cc1. The molecule has 168 valence electrons. The maximum atomic E-state index is 12.1. The molecule has 2 aromatic carbocycles. The van der Waals surface area contributed by atoms with Crippen LogP contribution in [0.1, 0.15) is 45.0 Å². The van der Waals surface area contributed by atoms with E-state index < -0.39 is 17.9 Å². The van der Waals surface area contributed by atoms with Crippen LogP contribution in [0.5, 0.6) is 17.2 Å². The highest BCUT2D eigenvalue weighted by Gasteiger charge is 2.49. The molecule has 0 spiro atoms. The van der Waals surface area contributed by atoms with E-state index in [1.54, 1.807) is 14.2 Å². The zero-order valence-corrected chi connectivity index (χ0v) is 19.3. The summed E-state index contributed by atoms with van der Waals surface area (Å²) in [6, 6.07) is 13.3. The van der Waals surface area contributed by atoms with Gasteiger partial charge in [-0.05, 0) is 63.9 Å². The fourth-order valence-corrected chi connectivity index (χ4v) is 4.08. The van der Waals surface area contributed by atoms with E-state index in [1.165, 1.54) is 0 Å². The number of ether oxygens (including phenoxy) is 4. The van der Waals surface area contributed by atoms with Crippen molar-refractivity contribution < 1.29 is 23.7 Å². The highest BCUT2D eigenvalue weighted by molar-refractivity contribution is 5.61. The van der Waals surface area contributed by atoms with Crippen LogP contribution >= 0.6 is 0 Å². The van der Waals surface area contributed by atoms with Gasteiger partial charge in [-0.2, -0.15) is 0 Å². The second kappa shape index (κ2) is 9.71. The molecule has 1 saturated heterocycles. The summed E-state index contributed by atoms with van der Waals surface area (Å²) in [5, 5.41) is 0. The predicted molar refractivity (Wildman–Crippen MR) is 120 cm³/mol.